The molecule has 1 N–H and O–H groups in total. The average Bonchev–Trinajstić information content (AvgIpc) is 2.92. The molecule has 3 rings (SSSR count). The number of nitrogens with one attached hydrogen (secondary N) is 1. The molecule has 1 unspecified atom stereocenters. The highest BCUT2D eigenvalue weighted by atomic mass is 16.1. The molecule has 22 heavy (non-hydrogen) atoms. The Balaban J connectivity index is 2.19. The molecule has 0 fully saturated rings. The van der Waals surface area contributed by atoms with Crippen molar-refractivity contribution in [3.63, 3.8) is 0 Å². The molecular formula is C20H21NO. The molecule has 1 aromatic heterocycles. The molecule has 1 atom stereocenters. The fraction of sp³-hybridized carbons (Fsp3) is 0.250. The molecule has 2 aromatic carbocycles. The lowest BCUT2D eigenvalue weighted by atomic mass is 9.96. The molecular weight excluding hydrogens is 270 g/mol. The van der Waals surface area contributed by atoms with E-state index in [-0.39, 0.29) is 0 Å². The Morgan fingerprint density at radius 3 is 2.50 bits per heavy atom. The van der Waals surface area contributed by atoms with Gasteiger partial charge < -0.3 is 4.98 Å². The number of carbonyl (C=O) groups is 1. The second-order valence-corrected chi connectivity index (χ2v) is 6.01. The van der Waals surface area contributed by atoms with Crippen molar-refractivity contribution in [3.05, 3.63) is 59.2 Å². The lowest BCUT2D eigenvalue weighted by Gasteiger charge is -2.08. The Labute approximate surface area is 131 Å². The molecule has 0 aliphatic rings. The summed E-state index contributed by atoms with van der Waals surface area (Å²) in [6.07, 6.45) is 2.06. The van der Waals surface area contributed by atoms with Crippen LogP contribution in [-0.2, 0) is 0 Å². The fourth-order valence-electron chi connectivity index (χ4n) is 2.84. The van der Waals surface area contributed by atoms with Crippen molar-refractivity contribution in [1.82, 2.24) is 4.98 Å². The number of aldehydes is 1. The Kier molecular flexibility index (Phi) is 3.84. The standard InChI is InChI=1S/C20H21NO/c1-4-14(3)16-9-10-19-17(11-16)18(12-22)20(21-19)15-7-5-13(2)6-8-15/h5-12,14,21H,4H2,1-3H3. The molecule has 0 aliphatic heterocycles. The summed E-state index contributed by atoms with van der Waals surface area (Å²) in [6.45, 7) is 6.47. The van der Waals surface area contributed by atoms with Gasteiger partial charge in [0.25, 0.3) is 0 Å². The zero-order valence-electron chi connectivity index (χ0n) is 13.3. The molecule has 0 spiro atoms. The third kappa shape index (κ3) is 2.45. The number of benzene rings is 2. The molecule has 0 aliphatic carbocycles. The van der Waals surface area contributed by atoms with Gasteiger partial charge in [0.05, 0.1) is 5.69 Å². The van der Waals surface area contributed by atoms with Gasteiger partial charge in [-0.3, -0.25) is 4.79 Å². The first kappa shape index (κ1) is 14.6. The second-order valence-electron chi connectivity index (χ2n) is 6.01. The van der Waals surface area contributed by atoms with Crippen LogP contribution in [0.4, 0.5) is 0 Å². The van der Waals surface area contributed by atoms with E-state index in [2.05, 4.69) is 68.2 Å². The van der Waals surface area contributed by atoms with Gasteiger partial charge >= 0.3 is 0 Å². The lowest BCUT2D eigenvalue weighted by Crippen LogP contribution is -1.91. The van der Waals surface area contributed by atoms with Crippen LogP contribution in [0.1, 0.15) is 47.7 Å². The van der Waals surface area contributed by atoms with Gasteiger partial charge in [0.1, 0.15) is 0 Å². The van der Waals surface area contributed by atoms with Crippen LogP contribution < -0.4 is 0 Å². The van der Waals surface area contributed by atoms with E-state index in [1.807, 2.05) is 0 Å². The predicted octanol–water partition coefficient (Wildman–Crippen LogP) is 5.47. The number of aromatic amines is 1. The monoisotopic (exact) mass is 291 g/mol. The van der Waals surface area contributed by atoms with E-state index >= 15 is 0 Å². The predicted molar refractivity (Wildman–Crippen MR) is 92.6 cm³/mol. The van der Waals surface area contributed by atoms with Crippen molar-refractivity contribution in [1.29, 1.82) is 0 Å². The first-order valence-electron chi connectivity index (χ1n) is 7.82. The summed E-state index contributed by atoms with van der Waals surface area (Å²) in [5, 5.41) is 1.02. The normalized spacial score (nSPS) is 12.5. The number of aromatic nitrogens is 1. The van der Waals surface area contributed by atoms with Crippen LogP contribution >= 0.6 is 0 Å². The van der Waals surface area contributed by atoms with Gasteiger partial charge in [-0.15, -0.1) is 0 Å². The largest absolute Gasteiger partial charge is 0.354 e. The number of fused-ring (bicyclic) bond motifs is 1. The van der Waals surface area contributed by atoms with E-state index in [4.69, 9.17) is 0 Å². The van der Waals surface area contributed by atoms with Gasteiger partial charge in [-0.1, -0.05) is 49.7 Å². The van der Waals surface area contributed by atoms with E-state index in [0.29, 0.717) is 5.92 Å². The van der Waals surface area contributed by atoms with E-state index in [1.165, 1.54) is 11.1 Å². The zero-order chi connectivity index (χ0) is 15.7. The van der Waals surface area contributed by atoms with Crippen molar-refractivity contribution in [2.75, 3.05) is 0 Å². The molecule has 0 amide bonds. The van der Waals surface area contributed by atoms with Crippen molar-refractivity contribution >= 4 is 17.2 Å². The number of carbonyl (C=O) groups excluding carboxylic acids is 1. The van der Waals surface area contributed by atoms with Gasteiger partial charge in [-0.2, -0.15) is 0 Å². The van der Waals surface area contributed by atoms with Crippen LogP contribution in [-0.4, -0.2) is 11.3 Å². The second kappa shape index (κ2) is 5.80. The first-order valence-corrected chi connectivity index (χ1v) is 7.82. The van der Waals surface area contributed by atoms with Gasteiger partial charge in [-0.25, -0.2) is 0 Å². The summed E-state index contributed by atoms with van der Waals surface area (Å²) in [7, 11) is 0. The highest BCUT2D eigenvalue weighted by Crippen LogP contribution is 2.31. The van der Waals surface area contributed by atoms with Crippen molar-refractivity contribution < 1.29 is 4.79 Å². The fourth-order valence-corrected chi connectivity index (χ4v) is 2.84. The summed E-state index contributed by atoms with van der Waals surface area (Å²) in [4.78, 5) is 15.1. The van der Waals surface area contributed by atoms with Crippen molar-refractivity contribution in [3.8, 4) is 11.3 Å². The minimum absolute atomic E-state index is 0.502. The summed E-state index contributed by atoms with van der Waals surface area (Å²) in [5.74, 6) is 0.502. The molecule has 1 heterocycles. The summed E-state index contributed by atoms with van der Waals surface area (Å²) < 4.78 is 0. The molecule has 0 radical (unpaired) electrons. The summed E-state index contributed by atoms with van der Waals surface area (Å²) in [5.41, 5.74) is 6.23. The van der Waals surface area contributed by atoms with E-state index in [1.54, 1.807) is 0 Å². The molecule has 2 nitrogen and oxygen atoms in total. The maximum Gasteiger partial charge on any atom is 0.152 e. The highest BCUT2D eigenvalue weighted by Gasteiger charge is 2.14. The SMILES string of the molecule is CCC(C)c1ccc2[nH]c(-c3ccc(C)cc3)c(C=O)c2c1. The Bertz CT molecular complexity index is 812. The molecule has 112 valence electrons. The summed E-state index contributed by atoms with van der Waals surface area (Å²) >= 11 is 0. The van der Waals surface area contributed by atoms with Gasteiger partial charge in [0, 0.05) is 16.5 Å². The van der Waals surface area contributed by atoms with Crippen molar-refractivity contribution in [2.45, 2.75) is 33.1 Å². The Morgan fingerprint density at radius 2 is 1.86 bits per heavy atom. The summed E-state index contributed by atoms with van der Waals surface area (Å²) in [6, 6.07) is 14.6. The van der Waals surface area contributed by atoms with Crippen molar-refractivity contribution in [2.24, 2.45) is 0 Å². The number of aryl methyl sites for hydroxylation is 1. The lowest BCUT2D eigenvalue weighted by molar-refractivity contribution is 0.112. The molecule has 0 bridgehead atoms. The topological polar surface area (TPSA) is 32.9 Å². The molecule has 2 heteroatoms. The first-order chi connectivity index (χ1) is 10.6. The third-order valence-corrected chi connectivity index (χ3v) is 4.50. The molecule has 3 aromatic rings. The minimum atomic E-state index is 0.502. The number of rotatable bonds is 4. The van der Waals surface area contributed by atoms with Gasteiger partial charge in [-0.05, 0) is 42.5 Å². The van der Waals surface area contributed by atoms with Crippen LogP contribution in [0.15, 0.2) is 42.5 Å². The van der Waals surface area contributed by atoms with Crippen LogP contribution in [0.2, 0.25) is 0 Å². The highest BCUT2D eigenvalue weighted by molar-refractivity contribution is 6.04. The minimum Gasteiger partial charge on any atom is -0.354 e. The maximum atomic E-state index is 11.7. The third-order valence-electron chi connectivity index (χ3n) is 4.50. The van der Waals surface area contributed by atoms with Gasteiger partial charge in [0.15, 0.2) is 6.29 Å². The average molecular weight is 291 g/mol. The maximum absolute atomic E-state index is 11.7. The van der Waals surface area contributed by atoms with E-state index in [9.17, 15) is 4.79 Å². The quantitative estimate of drug-likeness (QED) is 0.635. The van der Waals surface area contributed by atoms with E-state index < -0.39 is 0 Å². The van der Waals surface area contributed by atoms with Crippen LogP contribution in [0.5, 0.6) is 0 Å². The number of H-pyrrole nitrogens is 1. The Morgan fingerprint density at radius 1 is 1.14 bits per heavy atom. The molecule has 0 saturated heterocycles. The number of hydrogen-bond acceptors (Lipinski definition) is 1. The van der Waals surface area contributed by atoms with Crippen LogP contribution in [0.25, 0.3) is 22.2 Å². The smallest absolute Gasteiger partial charge is 0.152 e. The number of hydrogen-bond donors (Lipinski definition) is 1. The van der Waals surface area contributed by atoms with E-state index in [0.717, 1.165) is 40.4 Å². The Hall–Kier alpha value is -2.35. The van der Waals surface area contributed by atoms with Crippen LogP contribution in [0.3, 0.4) is 0 Å². The molecule has 0 saturated carbocycles. The van der Waals surface area contributed by atoms with Gasteiger partial charge in [0.2, 0.25) is 0 Å². The zero-order valence-corrected chi connectivity index (χ0v) is 13.3. The van der Waals surface area contributed by atoms with Crippen LogP contribution in [0, 0.1) is 6.92 Å².